The fraction of sp³-hybridized carbons (Fsp3) is 0.800. The lowest BCUT2D eigenvalue weighted by Crippen LogP contribution is -2.83. The fourth-order valence-electron chi connectivity index (χ4n) is 10.4. The molecular formula is C30H47N2O2+. The number of rotatable bonds is 10. The topological polar surface area (TPSA) is 43.7 Å². The summed E-state index contributed by atoms with van der Waals surface area (Å²) in [7, 11) is 2.27. The molecule has 0 radical (unpaired) electrons. The Labute approximate surface area is 206 Å². The molecule has 1 spiro atoms. The molecule has 5 heterocycles. The van der Waals surface area contributed by atoms with Gasteiger partial charge in [-0.05, 0) is 36.8 Å². The number of likely N-dealkylation sites (N-methyl/N-ethyl adjacent to an activating group) is 1. The van der Waals surface area contributed by atoms with Gasteiger partial charge in [-0.15, -0.1) is 0 Å². The van der Waals surface area contributed by atoms with Crippen molar-refractivity contribution < 1.29 is 14.7 Å². The molecule has 188 valence electrons. The minimum Gasteiger partial charge on any atom is -0.392 e. The molecule has 7 rings (SSSR count). The van der Waals surface area contributed by atoms with Gasteiger partial charge in [0.25, 0.3) is 0 Å². The third kappa shape index (κ3) is 2.77. The van der Waals surface area contributed by atoms with Crippen LogP contribution in [0.15, 0.2) is 24.3 Å². The molecule has 34 heavy (non-hydrogen) atoms. The van der Waals surface area contributed by atoms with Crippen LogP contribution in [-0.4, -0.2) is 58.7 Å². The van der Waals surface area contributed by atoms with Gasteiger partial charge in [-0.3, -0.25) is 4.48 Å². The maximum Gasteiger partial charge on any atom is 0.194 e. The highest BCUT2D eigenvalue weighted by atomic mass is 16.3. The van der Waals surface area contributed by atoms with Gasteiger partial charge in [0.15, 0.2) is 6.23 Å². The second-order valence-electron chi connectivity index (χ2n) is 12.6. The number of unbranched alkanes of at least 4 members (excludes halogenated alkanes) is 7. The number of aliphatic hydroxyl groups is 2. The van der Waals surface area contributed by atoms with E-state index in [9.17, 15) is 10.2 Å². The molecule has 2 N–H and O–H groups in total. The van der Waals surface area contributed by atoms with E-state index in [4.69, 9.17) is 0 Å². The first-order chi connectivity index (χ1) is 16.5. The number of fused-ring (bicyclic) bond motifs is 2. The zero-order valence-corrected chi connectivity index (χ0v) is 21.7. The predicted molar refractivity (Wildman–Crippen MR) is 138 cm³/mol. The molecule has 10 atom stereocenters. The lowest BCUT2D eigenvalue weighted by molar-refractivity contribution is -1.04. The van der Waals surface area contributed by atoms with Crippen LogP contribution in [-0.2, 0) is 5.41 Å². The van der Waals surface area contributed by atoms with E-state index in [1.165, 1.54) is 69.0 Å². The summed E-state index contributed by atoms with van der Waals surface area (Å²) in [5.74, 6) is 1.17. The first-order valence-electron chi connectivity index (χ1n) is 14.6. The SMILES string of the molecule is CCCCCCCCCC[N+]12C3C[C@@H](C4C(O)[C@]5(C[C@@H]41)c1ccccc1N(C)[C@@H]35)[C@H](CC)[C@H]2O. The number of hydrogen-bond acceptors (Lipinski definition) is 3. The standard InChI is InChI=1S/C30H47N2O2/c1-4-6-7-8-9-10-11-14-17-32-24-18-21(20(5-2)29(32)34)26-25(32)19-30(28(26)33)22-15-12-13-16-23(22)31(3)27(24)30/h12-13,15-16,20-21,24-29,33-34H,4-11,14,17-19H2,1-3H3/q+1/t20-,21+,24?,25-,26?,27-,28?,29+,30+,32?/m0/s1. The highest BCUT2D eigenvalue weighted by Gasteiger charge is 2.82. The van der Waals surface area contributed by atoms with Crippen LogP contribution in [0, 0.1) is 17.8 Å². The van der Waals surface area contributed by atoms with Crippen molar-refractivity contribution in [2.75, 3.05) is 18.5 Å². The van der Waals surface area contributed by atoms with Crippen LogP contribution in [0.1, 0.15) is 90.0 Å². The van der Waals surface area contributed by atoms with Crippen LogP contribution in [0.3, 0.4) is 0 Å². The van der Waals surface area contributed by atoms with Crippen molar-refractivity contribution in [3.05, 3.63) is 29.8 Å². The zero-order chi connectivity index (χ0) is 23.7. The lowest BCUT2D eigenvalue weighted by atomic mass is 9.60. The van der Waals surface area contributed by atoms with Crippen molar-refractivity contribution in [2.45, 2.75) is 120 Å². The Kier molecular flexibility index (Phi) is 5.82. The van der Waals surface area contributed by atoms with Gasteiger partial charge in [0.1, 0.15) is 6.04 Å². The van der Waals surface area contributed by atoms with Crippen LogP contribution < -0.4 is 4.90 Å². The molecule has 0 amide bonds. The van der Waals surface area contributed by atoms with E-state index >= 15 is 0 Å². The highest BCUT2D eigenvalue weighted by Crippen LogP contribution is 2.71. The Hall–Kier alpha value is -1.10. The fourth-order valence-corrected chi connectivity index (χ4v) is 10.4. The van der Waals surface area contributed by atoms with Crippen LogP contribution in [0.5, 0.6) is 0 Å². The number of nitrogens with zero attached hydrogens (tertiary/aromatic N) is 2. The van der Waals surface area contributed by atoms with Crippen LogP contribution in [0.4, 0.5) is 5.69 Å². The molecule has 5 aliphatic heterocycles. The molecule has 1 aromatic rings. The Bertz CT molecular complexity index is 906. The number of anilines is 1. The normalized spacial score (nSPS) is 45.1. The zero-order valence-electron chi connectivity index (χ0n) is 21.7. The van der Waals surface area contributed by atoms with E-state index in [1.807, 2.05) is 0 Å². The molecule has 1 aliphatic carbocycles. The average molecular weight is 468 g/mol. The first-order valence-corrected chi connectivity index (χ1v) is 14.6. The Balaban J connectivity index is 1.31. The molecule has 0 aromatic heterocycles. The number of piperidine rings is 4. The third-order valence-electron chi connectivity index (χ3n) is 11.5. The molecule has 1 aromatic carbocycles. The molecular weight excluding hydrogens is 420 g/mol. The molecule has 5 fully saturated rings. The largest absolute Gasteiger partial charge is 0.392 e. The summed E-state index contributed by atoms with van der Waals surface area (Å²) in [6.45, 7) is 5.66. The van der Waals surface area contributed by atoms with E-state index in [2.05, 4.69) is 50.1 Å². The molecule has 6 aliphatic rings. The van der Waals surface area contributed by atoms with E-state index in [-0.39, 0.29) is 17.7 Å². The van der Waals surface area contributed by atoms with Gasteiger partial charge >= 0.3 is 0 Å². The van der Waals surface area contributed by atoms with Gasteiger partial charge in [-0.1, -0.05) is 70.6 Å². The van der Waals surface area contributed by atoms with E-state index in [0.717, 1.165) is 23.9 Å². The molecule has 5 bridgehead atoms. The van der Waals surface area contributed by atoms with Crippen molar-refractivity contribution in [3.8, 4) is 0 Å². The summed E-state index contributed by atoms with van der Waals surface area (Å²) in [6.07, 6.45) is 13.4. The van der Waals surface area contributed by atoms with Gasteiger partial charge in [0, 0.05) is 37.4 Å². The summed E-state index contributed by atoms with van der Waals surface area (Å²) < 4.78 is 0.900. The average Bonchev–Trinajstić information content (AvgIpc) is 3.23. The van der Waals surface area contributed by atoms with Gasteiger partial charge in [-0.25, -0.2) is 0 Å². The molecule has 4 nitrogen and oxygen atoms in total. The minimum absolute atomic E-state index is 0.135. The first kappa shape index (κ1) is 23.3. The van der Waals surface area contributed by atoms with Gasteiger partial charge in [-0.2, -0.15) is 0 Å². The quantitative estimate of drug-likeness (QED) is 0.367. The third-order valence-corrected chi connectivity index (χ3v) is 11.5. The van der Waals surface area contributed by atoms with Crippen molar-refractivity contribution >= 4 is 5.69 Å². The minimum atomic E-state index is -0.274. The maximum absolute atomic E-state index is 12.1. The Morgan fingerprint density at radius 2 is 1.68 bits per heavy atom. The number of benzene rings is 1. The molecule has 1 saturated carbocycles. The Morgan fingerprint density at radius 3 is 2.41 bits per heavy atom. The molecule has 4 unspecified atom stereocenters. The second kappa shape index (κ2) is 8.49. The van der Waals surface area contributed by atoms with Crippen LogP contribution >= 0.6 is 0 Å². The van der Waals surface area contributed by atoms with Gasteiger partial charge in [0.2, 0.25) is 0 Å². The monoisotopic (exact) mass is 467 g/mol. The van der Waals surface area contributed by atoms with Crippen LogP contribution in [0.2, 0.25) is 0 Å². The van der Waals surface area contributed by atoms with Crippen molar-refractivity contribution in [3.63, 3.8) is 0 Å². The predicted octanol–water partition coefficient (Wildman–Crippen LogP) is 5.21. The lowest BCUT2D eigenvalue weighted by Gasteiger charge is -2.68. The highest BCUT2D eigenvalue weighted by molar-refractivity contribution is 5.66. The number of hydrogen-bond donors (Lipinski definition) is 2. The second-order valence-corrected chi connectivity index (χ2v) is 12.6. The van der Waals surface area contributed by atoms with Crippen LogP contribution in [0.25, 0.3) is 0 Å². The van der Waals surface area contributed by atoms with Crippen molar-refractivity contribution in [1.29, 1.82) is 0 Å². The number of para-hydroxylation sites is 1. The molecule has 4 saturated heterocycles. The maximum atomic E-state index is 12.1. The summed E-state index contributed by atoms with van der Waals surface area (Å²) in [5.41, 5.74) is 2.58. The summed E-state index contributed by atoms with van der Waals surface area (Å²) >= 11 is 0. The molecule has 4 heteroatoms. The van der Waals surface area contributed by atoms with E-state index in [1.54, 1.807) is 0 Å². The number of quaternary nitrogens is 1. The van der Waals surface area contributed by atoms with Gasteiger partial charge < -0.3 is 15.1 Å². The summed E-state index contributed by atoms with van der Waals surface area (Å²) in [6, 6.07) is 10.1. The Morgan fingerprint density at radius 1 is 0.971 bits per heavy atom. The summed E-state index contributed by atoms with van der Waals surface area (Å²) in [5, 5.41) is 24.2. The van der Waals surface area contributed by atoms with Gasteiger partial charge in [0.05, 0.1) is 30.1 Å². The van der Waals surface area contributed by atoms with Crippen molar-refractivity contribution in [2.24, 2.45) is 17.8 Å². The van der Waals surface area contributed by atoms with Crippen molar-refractivity contribution in [1.82, 2.24) is 0 Å². The summed E-state index contributed by atoms with van der Waals surface area (Å²) in [4.78, 5) is 2.52. The smallest absolute Gasteiger partial charge is 0.194 e. The number of aliphatic hydroxyl groups excluding tert-OH is 2. The van der Waals surface area contributed by atoms with E-state index in [0.29, 0.717) is 35.9 Å². The van der Waals surface area contributed by atoms with E-state index < -0.39 is 0 Å².